The van der Waals surface area contributed by atoms with Gasteiger partial charge < -0.3 is 9.64 Å². The molecule has 136 valence electrons. The van der Waals surface area contributed by atoms with Crippen molar-refractivity contribution in [2.24, 2.45) is 0 Å². The van der Waals surface area contributed by atoms with Crippen LogP contribution < -0.4 is 4.74 Å². The number of hydrogen-bond acceptors (Lipinski definition) is 2. The van der Waals surface area contributed by atoms with E-state index >= 15 is 0 Å². The molecule has 3 aliphatic rings. The van der Waals surface area contributed by atoms with Gasteiger partial charge in [0.25, 0.3) is 0 Å². The lowest BCUT2D eigenvalue weighted by atomic mass is 9.73. The average Bonchev–Trinajstić information content (AvgIpc) is 3.00. The van der Waals surface area contributed by atoms with E-state index in [0.717, 1.165) is 17.7 Å². The van der Waals surface area contributed by atoms with Crippen LogP contribution in [0.3, 0.4) is 0 Å². The van der Waals surface area contributed by atoms with Crippen LogP contribution in [-0.2, 0) is 23.8 Å². The maximum Gasteiger partial charge on any atom is 0.128 e. The molecule has 1 saturated heterocycles. The number of halogens is 2. The average molecular weight is 416 g/mol. The summed E-state index contributed by atoms with van der Waals surface area (Å²) in [5.41, 5.74) is 7.26. The van der Waals surface area contributed by atoms with Crippen LogP contribution in [0.1, 0.15) is 41.5 Å². The SMILES string of the molecule is CN1CCC2(CCc3cc4c(cc32)-c2cc(F)c(CBr)cc2OC4)CC1. The topological polar surface area (TPSA) is 12.5 Å². The zero-order valence-electron chi connectivity index (χ0n) is 15.1. The number of piperidine rings is 1. The molecular weight excluding hydrogens is 393 g/mol. The fourth-order valence-electron chi connectivity index (χ4n) is 5.02. The molecule has 0 aromatic heterocycles. The number of benzene rings is 2. The molecule has 1 fully saturated rings. The molecular formula is C22H23BrFNO. The fraction of sp³-hybridized carbons (Fsp3) is 0.455. The smallest absolute Gasteiger partial charge is 0.128 e. The Balaban J connectivity index is 1.63. The minimum Gasteiger partial charge on any atom is -0.488 e. The van der Waals surface area contributed by atoms with E-state index in [0.29, 0.717) is 22.9 Å². The number of fused-ring (bicyclic) bond motifs is 5. The number of rotatable bonds is 1. The molecule has 2 nitrogen and oxygen atoms in total. The minimum atomic E-state index is -0.161. The summed E-state index contributed by atoms with van der Waals surface area (Å²) >= 11 is 3.36. The lowest BCUT2D eigenvalue weighted by Crippen LogP contribution is -2.39. The van der Waals surface area contributed by atoms with Gasteiger partial charge >= 0.3 is 0 Å². The molecule has 1 spiro atoms. The summed E-state index contributed by atoms with van der Waals surface area (Å²) < 4.78 is 20.4. The fourth-order valence-corrected chi connectivity index (χ4v) is 5.45. The van der Waals surface area contributed by atoms with E-state index in [9.17, 15) is 4.39 Å². The van der Waals surface area contributed by atoms with Gasteiger partial charge in [-0.3, -0.25) is 0 Å². The molecule has 0 radical (unpaired) electrons. The van der Waals surface area contributed by atoms with E-state index in [4.69, 9.17) is 4.74 Å². The molecule has 0 amide bonds. The highest BCUT2D eigenvalue weighted by atomic mass is 79.9. The summed E-state index contributed by atoms with van der Waals surface area (Å²) in [6.07, 6.45) is 4.88. The van der Waals surface area contributed by atoms with Crippen LogP contribution in [0.25, 0.3) is 11.1 Å². The summed E-state index contributed by atoms with van der Waals surface area (Å²) in [5, 5.41) is 0.503. The van der Waals surface area contributed by atoms with Crippen molar-refractivity contribution < 1.29 is 9.13 Å². The van der Waals surface area contributed by atoms with Crippen LogP contribution in [-0.4, -0.2) is 25.0 Å². The first kappa shape index (κ1) is 16.8. The van der Waals surface area contributed by atoms with Crippen molar-refractivity contribution in [2.75, 3.05) is 20.1 Å². The van der Waals surface area contributed by atoms with Crippen molar-refractivity contribution in [2.45, 2.75) is 43.0 Å². The Hall–Kier alpha value is -1.39. The lowest BCUT2D eigenvalue weighted by Gasteiger charge is -2.39. The van der Waals surface area contributed by atoms with Gasteiger partial charge in [0, 0.05) is 16.5 Å². The van der Waals surface area contributed by atoms with Crippen molar-refractivity contribution in [1.82, 2.24) is 4.90 Å². The van der Waals surface area contributed by atoms with Gasteiger partial charge in [-0.05, 0) is 91.7 Å². The van der Waals surface area contributed by atoms with E-state index in [2.05, 4.69) is 40.0 Å². The van der Waals surface area contributed by atoms with Crippen molar-refractivity contribution in [3.63, 3.8) is 0 Å². The van der Waals surface area contributed by atoms with Gasteiger partial charge in [-0.2, -0.15) is 0 Å². The molecule has 2 aromatic rings. The number of aryl methyl sites for hydroxylation is 1. The predicted octanol–water partition coefficient (Wildman–Crippen LogP) is 5.19. The third-order valence-electron chi connectivity index (χ3n) is 6.68. The highest BCUT2D eigenvalue weighted by Gasteiger charge is 2.41. The van der Waals surface area contributed by atoms with E-state index in [-0.39, 0.29) is 5.82 Å². The standard InChI is InChI=1S/C22H23BrFNO/c1-25-6-4-22(5-7-25)3-2-14-8-16-13-26-21-9-15(12-23)20(24)11-18(21)17(16)10-19(14)22/h8-11H,2-7,12-13H2,1H3. The number of hydrogen-bond donors (Lipinski definition) is 0. The van der Waals surface area contributed by atoms with Gasteiger partial charge in [-0.1, -0.05) is 22.0 Å². The molecule has 2 aromatic carbocycles. The number of ether oxygens (including phenoxy) is 1. The Morgan fingerprint density at radius 3 is 2.65 bits per heavy atom. The summed E-state index contributed by atoms with van der Waals surface area (Å²) in [4.78, 5) is 2.43. The third kappa shape index (κ3) is 2.45. The van der Waals surface area contributed by atoms with Crippen molar-refractivity contribution >= 4 is 15.9 Å². The van der Waals surface area contributed by atoms with Gasteiger partial charge in [0.15, 0.2) is 0 Å². The molecule has 2 heterocycles. The van der Waals surface area contributed by atoms with E-state index in [1.54, 1.807) is 6.07 Å². The normalized spacial score (nSPS) is 20.4. The molecule has 1 aliphatic carbocycles. The molecule has 0 saturated carbocycles. The Morgan fingerprint density at radius 2 is 1.88 bits per heavy atom. The van der Waals surface area contributed by atoms with Crippen LogP contribution in [0, 0.1) is 5.82 Å². The van der Waals surface area contributed by atoms with Crippen molar-refractivity contribution in [1.29, 1.82) is 0 Å². The molecule has 2 aliphatic heterocycles. The maximum absolute atomic E-state index is 14.4. The zero-order chi connectivity index (χ0) is 17.9. The Bertz CT molecular complexity index is 886. The molecule has 26 heavy (non-hydrogen) atoms. The van der Waals surface area contributed by atoms with Gasteiger partial charge in [0.05, 0.1) is 0 Å². The highest BCUT2D eigenvalue weighted by Crippen LogP contribution is 2.50. The van der Waals surface area contributed by atoms with Gasteiger partial charge in [0.2, 0.25) is 0 Å². The quantitative estimate of drug-likeness (QED) is 0.594. The Kier molecular flexibility index (Phi) is 3.91. The lowest BCUT2D eigenvalue weighted by molar-refractivity contribution is 0.187. The van der Waals surface area contributed by atoms with Crippen LogP contribution in [0.2, 0.25) is 0 Å². The second kappa shape index (κ2) is 6.07. The van der Waals surface area contributed by atoms with E-state index < -0.39 is 0 Å². The third-order valence-corrected chi connectivity index (χ3v) is 7.29. The first-order valence-electron chi connectivity index (χ1n) is 9.46. The highest BCUT2D eigenvalue weighted by molar-refractivity contribution is 9.08. The number of alkyl halides is 1. The zero-order valence-corrected chi connectivity index (χ0v) is 16.7. The van der Waals surface area contributed by atoms with Gasteiger partial charge in [0.1, 0.15) is 18.2 Å². The first-order valence-corrected chi connectivity index (χ1v) is 10.6. The molecule has 0 unspecified atom stereocenters. The number of nitrogens with zero attached hydrogens (tertiary/aromatic N) is 1. The molecule has 4 heteroatoms. The predicted molar refractivity (Wildman–Crippen MR) is 106 cm³/mol. The second-order valence-electron chi connectivity index (χ2n) is 8.11. The summed E-state index contributed by atoms with van der Waals surface area (Å²) in [7, 11) is 2.22. The van der Waals surface area contributed by atoms with Crippen LogP contribution in [0.4, 0.5) is 4.39 Å². The Morgan fingerprint density at radius 1 is 1.08 bits per heavy atom. The minimum absolute atomic E-state index is 0.161. The molecule has 5 rings (SSSR count). The maximum atomic E-state index is 14.4. The summed E-state index contributed by atoms with van der Waals surface area (Å²) in [6.45, 7) is 2.91. The van der Waals surface area contributed by atoms with Crippen LogP contribution in [0.15, 0.2) is 24.3 Å². The number of likely N-dealkylation sites (tertiary alicyclic amines) is 1. The van der Waals surface area contributed by atoms with Gasteiger partial charge in [-0.25, -0.2) is 4.39 Å². The monoisotopic (exact) mass is 415 g/mol. The second-order valence-corrected chi connectivity index (χ2v) is 8.67. The van der Waals surface area contributed by atoms with E-state index in [1.807, 2.05) is 6.07 Å². The van der Waals surface area contributed by atoms with Crippen molar-refractivity contribution in [3.8, 4) is 16.9 Å². The summed E-state index contributed by atoms with van der Waals surface area (Å²) in [5.74, 6) is 0.648. The molecule has 0 atom stereocenters. The van der Waals surface area contributed by atoms with Crippen LogP contribution in [0.5, 0.6) is 5.75 Å². The van der Waals surface area contributed by atoms with E-state index in [1.165, 1.54) is 54.6 Å². The first-order chi connectivity index (χ1) is 12.6. The molecule has 0 N–H and O–H groups in total. The van der Waals surface area contributed by atoms with Gasteiger partial charge in [-0.15, -0.1) is 0 Å². The summed E-state index contributed by atoms with van der Waals surface area (Å²) in [6, 6.07) is 8.21. The largest absolute Gasteiger partial charge is 0.488 e. The van der Waals surface area contributed by atoms with Crippen molar-refractivity contribution in [3.05, 3.63) is 52.3 Å². The Labute approximate surface area is 162 Å². The molecule has 0 bridgehead atoms. The van der Waals surface area contributed by atoms with Crippen LogP contribution >= 0.6 is 15.9 Å².